The standard InChI is InChI=1S/C12H23N5/c1-4-17(9-5-8-16(2)3)12-11(10-13)14-6-7-15-12/h6-7H,4-5,8-10,13H2,1-3H3. The summed E-state index contributed by atoms with van der Waals surface area (Å²) in [6, 6.07) is 0. The van der Waals surface area contributed by atoms with E-state index in [0.29, 0.717) is 6.54 Å². The Morgan fingerprint density at radius 2 is 1.88 bits per heavy atom. The lowest BCUT2D eigenvalue weighted by molar-refractivity contribution is 0.400. The van der Waals surface area contributed by atoms with E-state index in [9.17, 15) is 0 Å². The summed E-state index contributed by atoms with van der Waals surface area (Å²) in [4.78, 5) is 13.1. The van der Waals surface area contributed by atoms with Gasteiger partial charge in [-0.25, -0.2) is 4.98 Å². The van der Waals surface area contributed by atoms with E-state index in [1.54, 1.807) is 12.4 Å². The van der Waals surface area contributed by atoms with Crippen molar-refractivity contribution in [1.82, 2.24) is 14.9 Å². The lowest BCUT2D eigenvalue weighted by Gasteiger charge is -2.24. The molecule has 2 N–H and O–H groups in total. The second-order valence-corrected chi connectivity index (χ2v) is 4.27. The van der Waals surface area contributed by atoms with Crippen LogP contribution in [0, 0.1) is 0 Å². The third kappa shape index (κ3) is 4.28. The molecule has 0 fully saturated rings. The summed E-state index contributed by atoms with van der Waals surface area (Å²) in [5.74, 6) is 0.927. The molecule has 0 saturated heterocycles. The molecule has 0 aliphatic carbocycles. The van der Waals surface area contributed by atoms with Gasteiger partial charge in [0.2, 0.25) is 0 Å². The van der Waals surface area contributed by atoms with Gasteiger partial charge in [-0.05, 0) is 34.0 Å². The molecule has 1 aromatic heterocycles. The molecule has 17 heavy (non-hydrogen) atoms. The van der Waals surface area contributed by atoms with Crippen LogP contribution in [0.4, 0.5) is 5.82 Å². The first-order valence-corrected chi connectivity index (χ1v) is 6.08. The maximum Gasteiger partial charge on any atom is 0.151 e. The van der Waals surface area contributed by atoms with Crippen molar-refractivity contribution < 1.29 is 0 Å². The lowest BCUT2D eigenvalue weighted by atomic mass is 10.3. The van der Waals surface area contributed by atoms with Crippen LogP contribution in [-0.4, -0.2) is 48.6 Å². The largest absolute Gasteiger partial charge is 0.355 e. The number of rotatable bonds is 7. The molecule has 0 spiro atoms. The molecule has 0 aromatic carbocycles. The van der Waals surface area contributed by atoms with Crippen molar-refractivity contribution in [2.75, 3.05) is 38.6 Å². The zero-order chi connectivity index (χ0) is 12.7. The van der Waals surface area contributed by atoms with Gasteiger partial charge in [-0.3, -0.25) is 4.98 Å². The summed E-state index contributed by atoms with van der Waals surface area (Å²) >= 11 is 0. The maximum absolute atomic E-state index is 5.68. The summed E-state index contributed by atoms with van der Waals surface area (Å²) in [6.45, 7) is 5.56. The molecule has 5 heteroatoms. The zero-order valence-corrected chi connectivity index (χ0v) is 11.1. The normalized spacial score (nSPS) is 10.9. The SMILES string of the molecule is CCN(CCCN(C)C)c1nccnc1CN. The van der Waals surface area contributed by atoms with E-state index >= 15 is 0 Å². The van der Waals surface area contributed by atoms with Gasteiger partial charge >= 0.3 is 0 Å². The maximum atomic E-state index is 5.68. The number of hydrogen-bond donors (Lipinski definition) is 1. The number of nitrogens with two attached hydrogens (primary N) is 1. The summed E-state index contributed by atoms with van der Waals surface area (Å²) in [6.07, 6.45) is 4.53. The smallest absolute Gasteiger partial charge is 0.151 e. The number of nitrogens with zero attached hydrogens (tertiary/aromatic N) is 4. The van der Waals surface area contributed by atoms with Gasteiger partial charge in [0, 0.05) is 32.0 Å². The predicted octanol–water partition coefficient (Wildman–Crippen LogP) is 0.713. The first kappa shape index (κ1) is 13.9. The molecular formula is C12H23N5. The Bertz CT molecular complexity index is 326. The van der Waals surface area contributed by atoms with Crippen molar-refractivity contribution in [1.29, 1.82) is 0 Å². The minimum absolute atomic E-state index is 0.438. The van der Waals surface area contributed by atoms with Crippen LogP contribution >= 0.6 is 0 Å². The molecule has 1 rings (SSSR count). The summed E-state index contributed by atoms with van der Waals surface area (Å²) in [7, 11) is 4.17. The quantitative estimate of drug-likeness (QED) is 0.757. The summed E-state index contributed by atoms with van der Waals surface area (Å²) in [5, 5.41) is 0. The third-order valence-electron chi connectivity index (χ3n) is 2.66. The minimum Gasteiger partial charge on any atom is -0.355 e. The molecular weight excluding hydrogens is 214 g/mol. The Morgan fingerprint density at radius 1 is 1.18 bits per heavy atom. The van der Waals surface area contributed by atoms with Crippen molar-refractivity contribution in [2.24, 2.45) is 5.73 Å². The zero-order valence-electron chi connectivity index (χ0n) is 11.1. The minimum atomic E-state index is 0.438. The Hall–Kier alpha value is -1.20. The van der Waals surface area contributed by atoms with Gasteiger partial charge in [-0.2, -0.15) is 0 Å². The highest BCUT2D eigenvalue weighted by Gasteiger charge is 2.10. The predicted molar refractivity (Wildman–Crippen MR) is 71.0 cm³/mol. The van der Waals surface area contributed by atoms with Crippen LogP contribution in [0.2, 0.25) is 0 Å². The van der Waals surface area contributed by atoms with E-state index in [0.717, 1.165) is 37.6 Å². The van der Waals surface area contributed by atoms with Crippen LogP contribution in [0.25, 0.3) is 0 Å². The summed E-state index contributed by atoms with van der Waals surface area (Å²) in [5.41, 5.74) is 6.56. The average Bonchev–Trinajstić information content (AvgIpc) is 2.34. The highest BCUT2D eigenvalue weighted by Crippen LogP contribution is 2.14. The van der Waals surface area contributed by atoms with Gasteiger partial charge in [0.15, 0.2) is 5.82 Å². The first-order valence-electron chi connectivity index (χ1n) is 6.08. The highest BCUT2D eigenvalue weighted by atomic mass is 15.2. The Labute approximate surface area is 104 Å². The van der Waals surface area contributed by atoms with E-state index < -0.39 is 0 Å². The second kappa shape index (κ2) is 7.19. The van der Waals surface area contributed by atoms with Crippen LogP contribution in [0.3, 0.4) is 0 Å². The van der Waals surface area contributed by atoms with Gasteiger partial charge in [-0.1, -0.05) is 0 Å². The Morgan fingerprint density at radius 3 is 2.47 bits per heavy atom. The fourth-order valence-electron chi connectivity index (χ4n) is 1.76. The third-order valence-corrected chi connectivity index (χ3v) is 2.66. The van der Waals surface area contributed by atoms with Crippen molar-refractivity contribution >= 4 is 5.82 Å². The van der Waals surface area contributed by atoms with Crippen LogP contribution in [-0.2, 0) is 6.54 Å². The molecule has 0 bridgehead atoms. The Kier molecular flexibility index (Phi) is 5.86. The molecule has 0 amide bonds. The topological polar surface area (TPSA) is 58.3 Å². The van der Waals surface area contributed by atoms with Crippen LogP contribution in [0.1, 0.15) is 19.0 Å². The monoisotopic (exact) mass is 237 g/mol. The summed E-state index contributed by atoms with van der Waals surface area (Å²) < 4.78 is 0. The van der Waals surface area contributed by atoms with Gasteiger partial charge in [0.25, 0.3) is 0 Å². The molecule has 0 aliphatic rings. The molecule has 1 heterocycles. The van der Waals surface area contributed by atoms with Crippen LogP contribution in [0.15, 0.2) is 12.4 Å². The molecule has 0 radical (unpaired) electrons. The van der Waals surface area contributed by atoms with E-state index in [2.05, 4.69) is 40.8 Å². The molecule has 1 aromatic rings. The molecule has 0 unspecified atom stereocenters. The van der Waals surface area contributed by atoms with Gasteiger partial charge in [0.05, 0.1) is 5.69 Å². The molecule has 0 saturated carbocycles. The van der Waals surface area contributed by atoms with E-state index in [1.165, 1.54) is 0 Å². The van der Waals surface area contributed by atoms with Crippen molar-refractivity contribution in [3.05, 3.63) is 18.1 Å². The lowest BCUT2D eigenvalue weighted by Crippen LogP contribution is -2.29. The molecule has 0 aliphatic heterocycles. The van der Waals surface area contributed by atoms with Gasteiger partial charge < -0.3 is 15.5 Å². The average molecular weight is 237 g/mol. The van der Waals surface area contributed by atoms with E-state index in [1.807, 2.05) is 0 Å². The van der Waals surface area contributed by atoms with E-state index in [4.69, 9.17) is 5.73 Å². The van der Waals surface area contributed by atoms with Crippen molar-refractivity contribution in [3.63, 3.8) is 0 Å². The van der Waals surface area contributed by atoms with Gasteiger partial charge in [-0.15, -0.1) is 0 Å². The van der Waals surface area contributed by atoms with Crippen molar-refractivity contribution in [2.45, 2.75) is 19.9 Å². The van der Waals surface area contributed by atoms with Gasteiger partial charge in [0.1, 0.15) is 0 Å². The van der Waals surface area contributed by atoms with E-state index in [-0.39, 0.29) is 0 Å². The highest BCUT2D eigenvalue weighted by molar-refractivity contribution is 5.42. The fraction of sp³-hybridized carbons (Fsp3) is 0.667. The van der Waals surface area contributed by atoms with Crippen molar-refractivity contribution in [3.8, 4) is 0 Å². The number of hydrogen-bond acceptors (Lipinski definition) is 5. The molecule has 5 nitrogen and oxygen atoms in total. The van der Waals surface area contributed by atoms with Crippen LogP contribution < -0.4 is 10.6 Å². The van der Waals surface area contributed by atoms with Crippen LogP contribution in [0.5, 0.6) is 0 Å². The first-order chi connectivity index (χ1) is 8.19. The molecule has 0 atom stereocenters. The Balaban J connectivity index is 2.65. The molecule has 96 valence electrons. The number of anilines is 1. The fourth-order valence-corrected chi connectivity index (χ4v) is 1.76. The second-order valence-electron chi connectivity index (χ2n) is 4.27. The number of aromatic nitrogens is 2.